The molecule has 0 radical (unpaired) electrons. The number of rotatable bonds is 4. The topological polar surface area (TPSA) is 45.2 Å². The fraction of sp³-hybridized carbons (Fsp3) is 0.348. The van der Waals surface area contributed by atoms with Crippen molar-refractivity contribution in [3.05, 3.63) is 71.5 Å². The molecule has 1 saturated heterocycles. The molecule has 5 heteroatoms. The Hall–Kier alpha value is -2.79. The number of aromatic nitrogens is 3. The van der Waals surface area contributed by atoms with Crippen LogP contribution in [0.1, 0.15) is 29.7 Å². The smallest absolute Gasteiger partial charge is 0.180 e. The molecule has 2 aliphatic rings. The van der Waals surface area contributed by atoms with Crippen LogP contribution in [0.3, 0.4) is 0 Å². The van der Waals surface area contributed by atoms with E-state index in [0.29, 0.717) is 0 Å². The summed E-state index contributed by atoms with van der Waals surface area (Å²) in [6.07, 6.45) is 5.32. The van der Waals surface area contributed by atoms with E-state index >= 15 is 0 Å². The molecule has 3 aromatic rings. The Labute approximate surface area is 166 Å². The number of anilines is 1. The molecule has 28 heavy (non-hydrogen) atoms. The summed E-state index contributed by atoms with van der Waals surface area (Å²) in [5.41, 5.74) is 4.71. The molecule has 1 fully saturated rings. The van der Waals surface area contributed by atoms with E-state index in [1.54, 1.807) is 0 Å². The summed E-state index contributed by atoms with van der Waals surface area (Å²) in [6, 6.07) is 16.6. The quantitative estimate of drug-likeness (QED) is 0.700. The van der Waals surface area contributed by atoms with Crippen molar-refractivity contribution in [2.24, 2.45) is 0 Å². The van der Waals surface area contributed by atoms with Crippen LogP contribution in [-0.4, -0.2) is 39.5 Å². The monoisotopic (exact) mass is 371 g/mol. The van der Waals surface area contributed by atoms with Gasteiger partial charge in [-0.2, -0.15) is 0 Å². The van der Waals surface area contributed by atoms with Gasteiger partial charge in [0, 0.05) is 44.5 Å². The Balaban J connectivity index is 1.50. The summed E-state index contributed by atoms with van der Waals surface area (Å²) < 4.78 is 0. The third-order valence-corrected chi connectivity index (χ3v) is 5.67. The van der Waals surface area contributed by atoms with Crippen LogP contribution in [-0.2, 0) is 19.5 Å². The molecule has 0 unspecified atom stereocenters. The Morgan fingerprint density at radius 2 is 1.68 bits per heavy atom. The molecule has 4 heterocycles. The maximum absolute atomic E-state index is 4.98. The predicted molar refractivity (Wildman–Crippen MR) is 111 cm³/mol. The lowest BCUT2D eigenvalue weighted by Gasteiger charge is -2.31. The van der Waals surface area contributed by atoms with Crippen LogP contribution in [0, 0.1) is 0 Å². The van der Waals surface area contributed by atoms with Gasteiger partial charge in [-0.1, -0.05) is 36.4 Å². The first kappa shape index (κ1) is 17.3. The minimum Gasteiger partial charge on any atom is -0.356 e. The zero-order chi connectivity index (χ0) is 18.8. The summed E-state index contributed by atoms with van der Waals surface area (Å²) in [5.74, 6) is 1.89. The summed E-state index contributed by atoms with van der Waals surface area (Å²) in [4.78, 5) is 19.4. The highest BCUT2D eigenvalue weighted by molar-refractivity contribution is 5.58. The highest BCUT2D eigenvalue weighted by atomic mass is 15.2. The first-order valence-electron chi connectivity index (χ1n) is 10.2. The van der Waals surface area contributed by atoms with Crippen LogP contribution in [0.15, 0.2) is 54.7 Å². The van der Waals surface area contributed by atoms with Crippen molar-refractivity contribution in [3.63, 3.8) is 0 Å². The molecule has 0 atom stereocenters. The minimum atomic E-state index is 0.753. The maximum Gasteiger partial charge on any atom is 0.180 e. The number of benzene rings is 1. The third-order valence-electron chi connectivity index (χ3n) is 5.67. The van der Waals surface area contributed by atoms with Gasteiger partial charge in [0.15, 0.2) is 5.82 Å². The fourth-order valence-electron chi connectivity index (χ4n) is 4.24. The van der Waals surface area contributed by atoms with Crippen LogP contribution < -0.4 is 4.90 Å². The lowest BCUT2D eigenvalue weighted by molar-refractivity contribution is 0.241. The van der Waals surface area contributed by atoms with Gasteiger partial charge in [-0.25, -0.2) is 9.97 Å². The normalized spacial score (nSPS) is 16.9. The van der Waals surface area contributed by atoms with E-state index in [2.05, 4.69) is 45.1 Å². The number of fused-ring (bicyclic) bond motifs is 1. The SMILES string of the molecule is c1ccc(CN2CCc3c(nc(-c4ccccn4)nc3N3CCCC3)C2)cc1. The van der Waals surface area contributed by atoms with Crippen molar-refractivity contribution >= 4 is 5.82 Å². The first-order valence-corrected chi connectivity index (χ1v) is 10.2. The highest BCUT2D eigenvalue weighted by Crippen LogP contribution is 2.31. The average molecular weight is 371 g/mol. The average Bonchev–Trinajstić information content (AvgIpc) is 3.29. The van der Waals surface area contributed by atoms with E-state index < -0.39 is 0 Å². The Morgan fingerprint density at radius 1 is 0.857 bits per heavy atom. The van der Waals surface area contributed by atoms with Crippen molar-refractivity contribution in [1.29, 1.82) is 0 Å². The molecule has 1 aromatic carbocycles. The van der Waals surface area contributed by atoms with E-state index in [-0.39, 0.29) is 0 Å². The van der Waals surface area contributed by atoms with Crippen molar-refractivity contribution in [1.82, 2.24) is 19.9 Å². The van der Waals surface area contributed by atoms with Gasteiger partial charge < -0.3 is 4.90 Å². The van der Waals surface area contributed by atoms with Gasteiger partial charge >= 0.3 is 0 Å². The van der Waals surface area contributed by atoms with E-state index in [4.69, 9.17) is 9.97 Å². The summed E-state index contributed by atoms with van der Waals surface area (Å²) in [6.45, 7) is 5.07. The minimum absolute atomic E-state index is 0.753. The second-order valence-corrected chi connectivity index (χ2v) is 7.65. The molecule has 2 aliphatic heterocycles. The summed E-state index contributed by atoms with van der Waals surface area (Å²) in [7, 11) is 0. The maximum atomic E-state index is 4.98. The second kappa shape index (κ2) is 7.68. The molecular weight excluding hydrogens is 346 g/mol. The van der Waals surface area contributed by atoms with Gasteiger partial charge in [0.2, 0.25) is 0 Å². The van der Waals surface area contributed by atoms with Crippen molar-refractivity contribution in [3.8, 4) is 11.5 Å². The van der Waals surface area contributed by atoms with E-state index in [9.17, 15) is 0 Å². The van der Waals surface area contributed by atoms with E-state index in [0.717, 1.165) is 56.5 Å². The lowest BCUT2D eigenvalue weighted by atomic mass is 10.0. The van der Waals surface area contributed by atoms with Gasteiger partial charge in [0.05, 0.1) is 5.69 Å². The number of pyridine rings is 1. The second-order valence-electron chi connectivity index (χ2n) is 7.65. The van der Waals surface area contributed by atoms with Crippen molar-refractivity contribution in [2.45, 2.75) is 32.4 Å². The molecule has 0 spiro atoms. The molecule has 0 aliphatic carbocycles. The standard InChI is InChI=1S/C23H25N5/c1-2-8-18(9-3-1)16-27-15-11-19-21(17-27)25-22(20-10-4-5-12-24-20)26-23(19)28-13-6-7-14-28/h1-5,8-10,12H,6-7,11,13-17H2. The van der Waals surface area contributed by atoms with Gasteiger partial charge in [0.25, 0.3) is 0 Å². The fourth-order valence-corrected chi connectivity index (χ4v) is 4.24. The van der Waals surface area contributed by atoms with Crippen LogP contribution in [0.4, 0.5) is 5.82 Å². The van der Waals surface area contributed by atoms with Crippen LogP contribution >= 0.6 is 0 Å². The molecule has 5 rings (SSSR count). The van der Waals surface area contributed by atoms with Gasteiger partial charge in [-0.05, 0) is 37.0 Å². The number of hydrogen-bond donors (Lipinski definition) is 0. The van der Waals surface area contributed by atoms with Crippen LogP contribution in [0.5, 0.6) is 0 Å². The van der Waals surface area contributed by atoms with Gasteiger partial charge in [-0.15, -0.1) is 0 Å². The van der Waals surface area contributed by atoms with Crippen LogP contribution in [0.2, 0.25) is 0 Å². The van der Waals surface area contributed by atoms with Crippen LogP contribution in [0.25, 0.3) is 11.5 Å². The zero-order valence-corrected chi connectivity index (χ0v) is 16.1. The molecule has 0 amide bonds. The van der Waals surface area contributed by atoms with E-state index in [1.807, 2.05) is 24.4 Å². The lowest BCUT2D eigenvalue weighted by Crippen LogP contribution is -2.33. The zero-order valence-electron chi connectivity index (χ0n) is 16.1. The molecule has 0 saturated carbocycles. The Kier molecular flexibility index (Phi) is 4.75. The molecule has 0 bridgehead atoms. The molecular formula is C23H25N5. The van der Waals surface area contributed by atoms with E-state index in [1.165, 1.54) is 29.7 Å². The first-order chi connectivity index (χ1) is 13.9. The molecule has 5 nitrogen and oxygen atoms in total. The molecule has 0 N–H and O–H groups in total. The molecule has 142 valence electrons. The summed E-state index contributed by atoms with van der Waals surface area (Å²) in [5, 5.41) is 0. The predicted octanol–water partition coefficient (Wildman–Crippen LogP) is 3.70. The highest BCUT2D eigenvalue weighted by Gasteiger charge is 2.26. The Bertz CT molecular complexity index is 936. The molecule has 2 aromatic heterocycles. The Morgan fingerprint density at radius 3 is 2.46 bits per heavy atom. The number of nitrogens with zero attached hydrogens (tertiary/aromatic N) is 5. The number of hydrogen-bond acceptors (Lipinski definition) is 5. The van der Waals surface area contributed by atoms with Crippen molar-refractivity contribution in [2.75, 3.05) is 24.5 Å². The van der Waals surface area contributed by atoms with Crippen molar-refractivity contribution < 1.29 is 0 Å². The van der Waals surface area contributed by atoms with Gasteiger partial charge in [0.1, 0.15) is 11.5 Å². The summed E-state index contributed by atoms with van der Waals surface area (Å²) >= 11 is 0. The van der Waals surface area contributed by atoms with Gasteiger partial charge in [-0.3, -0.25) is 9.88 Å². The largest absolute Gasteiger partial charge is 0.356 e. The third kappa shape index (κ3) is 3.50.